The first-order valence-corrected chi connectivity index (χ1v) is 19.1. The summed E-state index contributed by atoms with van der Waals surface area (Å²) in [6, 6.07) is 72.7. The first kappa shape index (κ1) is 32.6. The highest BCUT2D eigenvalue weighted by molar-refractivity contribution is 6.22. The maximum Gasteiger partial charge on any atom is 0.141 e. The fourth-order valence-corrected chi connectivity index (χ4v) is 8.33. The predicted molar refractivity (Wildman–Crippen MR) is 233 cm³/mol. The minimum atomic E-state index is 0.864. The van der Waals surface area contributed by atoms with E-state index < -0.39 is 0 Å². The lowest BCUT2D eigenvalue weighted by Gasteiger charge is -2.19. The largest absolute Gasteiger partial charge is 0.324 e. The SMILES string of the molecule is CCn1c(-c2ccc(-c3ccc4c(-c5ccc(-c6ccccc6)cc5)c5ccccc5c(-c5ccc(-c6ccccc6)cc5)c4c3)cc2)nc2ccccc21. The van der Waals surface area contributed by atoms with E-state index in [2.05, 4.69) is 212 Å². The minimum absolute atomic E-state index is 0.864. The number of hydrogen-bond donors (Lipinski definition) is 0. The summed E-state index contributed by atoms with van der Waals surface area (Å²) >= 11 is 0. The lowest BCUT2D eigenvalue weighted by atomic mass is 9.84. The van der Waals surface area contributed by atoms with Crippen LogP contribution in [0.5, 0.6) is 0 Å². The summed E-state index contributed by atoms with van der Waals surface area (Å²) in [5.74, 6) is 1.00. The Morgan fingerprint density at radius 1 is 0.345 bits per heavy atom. The van der Waals surface area contributed by atoms with Crippen molar-refractivity contribution >= 4 is 32.6 Å². The standard InChI is InChI=1S/C53H38N2/c1-2-55-50-20-12-11-19-49(50)54-53(55)43-31-25-40(26-32-43)44-33-34-47-48(35-44)52(42-29-23-39(24-30-42)37-15-7-4-8-16-37)46-18-10-9-17-45(46)51(47)41-27-21-38(22-28-41)36-13-5-3-6-14-36/h3-35H,2H2,1H3. The molecule has 260 valence electrons. The van der Waals surface area contributed by atoms with E-state index in [9.17, 15) is 0 Å². The van der Waals surface area contributed by atoms with Crippen LogP contribution in [-0.4, -0.2) is 9.55 Å². The highest BCUT2D eigenvalue weighted by Crippen LogP contribution is 2.45. The second-order valence-corrected chi connectivity index (χ2v) is 14.2. The molecule has 0 bridgehead atoms. The van der Waals surface area contributed by atoms with Gasteiger partial charge in [0.05, 0.1) is 11.0 Å². The topological polar surface area (TPSA) is 17.8 Å². The van der Waals surface area contributed by atoms with Crippen LogP contribution in [0.4, 0.5) is 0 Å². The van der Waals surface area contributed by atoms with Gasteiger partial charge in [0.2, 0.25) is 0 Å². The van der Waals surface area contributed by atoms with Gasteiger partial charge in [0.15, 0.2) is 0 Å². The Morgan fingerprint density at radius 3 is 1.31 bits per heavy atom. The van der Waals surface area contributed by atoms with Crippen LogP contribution >= 0.6 is 0 Å². The Morgan fingerprint density at radius 2 is 0.745 bits per heavy atom. The molecule has 0 unspecified atom stereocenters. The molecule has 10 aromatic rings. The zero-order chi connectivity index (χ0) is 36.7. The van der Waals surface area contributed by atoms with Crippen molar-refractivity contribution in [1.29, 1.82) is 0 Å². The van der Waals surface area contributed by atoms with Gasteiger partial charge in [-0.2, -0.15) is 0 Å². The van der Waals surface area contributed by atoms with Gasteiger partial charge in [0, 0.05) is 12.1 Å². The van der Waals surface area contributed by atoms with E-state index in [4.69, 9.17) is 4.98 Å². The summed E-state index contributed by atoms with van der Waals surface area (Å²) in [5, 5.41) is 4.98. The second kappa shape index (κ2) is 13.7. The summed E-state index contributed by atoms with van der Waals surface area (Å²) in [7, 11) is 0. The van der Waals surface area contributed by atoms with Crippen molar-refractivity contribution in [2.45, 2.75) is 13.5 Å². The van der Waals surface area contributed by atoms with Gasteiger partial charge in [-0.05, 0) is 102 Å². The van der Waals surface area contributed by atoms with Gasteiger partial charge in [0.1, 0.15) is 5.82 Å². The summed E-state index contributed by atoms with van der Waals surface area (Å²) in [6.45, 7) is 3.05. The summed E-state index contributed by atoms with van der Waals surface area (Å²) in [6.07, 6.45) is 0. The number of rotatable bonds is 7. The molecule has 0 fully saturated rings. The molecular weight excluding hydrogens is 665 g/mol. The van der Waals surface area contributed by atoms with Crippen molar-refractivity contribution in [2.75, 3.05) is 0 Å². The first-order chi connectivity index (χ1) is 27.2. The average molecular weight is 703 g/mol. The van der Waals surface area contributed by atoms with E-state index in [1.807, 2.05) is 0 Å². The molecule has 9 aromatic carbocycles. The van der Waals surface area contributed by atoms with Gasteiger partial charge >= 0.3 is 0 Å². The van der Waals surface area contributed by atoms with E-state index >= 15 is 0 Å². The van der Waals surface area contributed by atoms with Crippen LogP contribution in [-0.2, 0) is 6.54 Å². The van der Waals surface area contributed by atoms with E-state index in [0.717, 1.165) is 23.4 Å². The van der Waals surface area contributed by atoms with Crippen molar-refractivity contribution in [2.24, 2.45) is 0 Å². The molecule has 2 nitrogen and oxygen atoms in total. The predicted octanol–water partition coefficient (Wildman–Crippen LogP) is 14.4. The number of para-hydroxylation sites is 2. The molecule has 0 aliphatic carbocycles. The molecule has 55 heavy (non-hydrogen) atoms. The average Bonchev–Trinajstić information content (AvgIpc) is 3.65. The Balaban J connectivity index is 1.15. The molecule has 0 aliphatic rings. The highest BCUT2D eigenvalue weighted by Gasteiger charge is 2.18. The maximum absolute atomic E-state index is 5.02. The third-order valence-electron chi connectivity index (χ3n) is 11.0. The normalized spacial score (nSPS) is 11.4. The Bertz CT molecular complexity index is 2960. The second-order valence-electron chi connectivity index (χ2n) is 14.2. The number of aryl methyl sites for hydroxylation is 1. The molecule has 0 spiro atoms. The van der Waals surface area contributed by atoms with Crippen LogP contribution < -0.4 is 0 Å². The van der Waals surface area contributed by atoms with Gasteiger partial charge < -0.3 is 4.57 Å². The maximum atomic E-state index is 5.02. The van der Waals surface area contributed by atoms with E-state index in [-0.39, 0.29) is 0 Å². The van der Waals surface area contributed by atoms with Gasteiger partial charge in [-0.25, -0.2) is 4.98 Å². The zero-order valence-electron chi connectivity index (χ0n) is 30.7. The minimum Gasteiger partial charge on any atom is -0.324 e. The van der Waals surface area contributed by atoms with Crippen molar-refractivity contribution in [3.8, 4) is 67.0 Å². The number of fused-ring (bicyclic) bond motifs is 3. The van der Waals surface area contributed by atoms with E-state index in [1.165, 1.54) is 82.7 Å². The summed E-state index contributed by atoms with van der Waals surface area (Å²) in [5.41, 5.74) is 15.5. The number of aromatic nitrogens is 2. The van der Waals surface area contributed by atoms with Gasteiger partial charge in [0.25, 0.3) is 0 Å². The summed E-state index contributed by atoms with van der Waals surface area (Å²) < 4.78 is 2.30. The van der Waals surface area contributed by atoms with Crippen molar-refractivity contribution in [3.63, 3.8) is 0 Å². The fourth-order valence-electron chi connectivity index (χ4n) is 8.33. The molecule has 1 aromatic heterocycles. The van der Waals surface area contributed by atoms with Gasteiger partial charge in [-0.1, -0.05) is 182 Å². The Hall–Kier alpha value is -7.03. The number of hydrogen-bond acceptors (Lipinski definition) is 1. The molecule has 0 saturated carbocycles. The van der Waals surface area contributed by atoms with Crippen molar-refractivity contribution < 1.29 is 0 Å². The molecular formula is C53H38N2. The number of benzene rings is 9. The lowest BCUT2D eigenvalue weighted by molar-refractivity contribution is 0.796. The molecule has 0 radical (unpaired) electrons. The number of imidazole rings is 1. The molecule has 10 rings (SSSR count). The zero-order valence-corrected chi connectivity index (χ0v) is 30.7. The van der Waals surface area contributed by atoms with E-state index in [0.29, 0.717) is 0 Å². The fraction of sp³-hybridized carbons (Fsp3) is 0.0377. The van der Waals surface area contributed by atoms with Crippen LogP contribution in [0.25, 0.3) is 99.6 Å². The van der Waals surface area contributed by atoms with Crippen LogP contribution in [0.3, 0.4) is 0 Å². The van der Waals surface area contributed by atoms with Gasteiger partial charge in [-0.15, -0.1) is 0 Å². The summed E-state index contributed by atoms with van der Waals surface area (Å²) in [4.78, 5) is 5.02. The van der Waals surface area contributed by atoms with E-state index in [1.54, 1.807) is 0 Å². The quantitative estimate of drug-likeness (QED) is 0.151. The molecule has 1 heterocycles. The van der Waals surface area contributed by atoms with Crippen LogP contribution in [0, 0.1) is 0 Å². The van der Waals surface area contributed by atoms with Crippen molar-refractivity contribution in [1.82, 2.24) is 9.55 Å². The molecule has 2 heteroatoms. The smallest absolute Gasteiger partial charge is 0.141 e. The third kappa shape index (κ3) is 5.80. The Kier molecular flexibility index (Phi) is 8.15. The molecule has 0 aliphatic heterocycles. The molecule has 0 amide bonds. The molecule has 0 saturated heterocycles. The monoisotopic (exact) mass is 702 g/mol. The highest BCUT2D eigenvalue weighted by atomic mass is 15.1. The first-order valence-electron chi connectivity index (χ1n) is 19.1. The van der Waals surface area contributed by atoms with Crippen LogP contribution in [0.2, 0.25) is 0 Å². The van der Waals surface area contributed by atoms with Crippen molar-refractivity contribution in [3.05, 3.63) is 200 Å². The van der Waals surface area contributed by atoms with Crippen LogP contribution in [0.15, 0.2) is 200 Å². The number of nitrogens with zero attached hydrogens (tertiary/aromatic N) is 2. The Labute approximate surface area is 321 Å². The molecule has 0 atom stereocenters. The van der Waals surface area contributed by atoms with Crippen LogP contribution in [0.1, 0.15) is 6.92 Å². The molecule has 0 N–H and O–H groups in total. The third-order valence-corrected chi connectivity index (χ3v) is 11.0. The van der Waals surface area contributed by atoms with Gasteiger partial charge in [-0.3, -0.25) is 0 Å². The lowest BCUT2D eigenvalue weighted by Crippen LogP contribution is -1.97.